The van der Waals surface area contributed by atoms with Crippen molar-refractivity contribution in [3.8, 4) is 34.2 Å². The standard InChI is InChI=1S/C33H20N4S/c1-2-10-20(11-3-1)31-35-32(24-15-9-18-27-29(24)23-13-4-6-17-26(23)34-27)37-33(36-31)25-16-8-14-22-21-12-5-7-19-28(21)38-30(22)25/h1-19,34H. The first-order valence-corrected chi connectivity index (χ1v) is 13.4. The summed E-state index contributed by atoms with van der Waals surface area (Å²) in [5.74, 6) is 2.02. The van der Waals surface area contributed by atoms with Crippen LogP contribution in [-0.2, 0) is 0 Å². The molecule has 0 saturated carbocycles. The molecule has 5 aromatic carbocycles. The van der Waals surface area contributed by atoms with Crippen molar-refractivity contribution >= 4 is 53.3 Å². The molecular formula is C33H20N4S. The highest BCUT2D eigenvalue weighted by atomic mass is 32.1. The molecule has 0 fully saturated rings. The smallest absolute Gasteiger partial charge is 0.165 e. The van der Waals surface area contributed by atoms with E-state index in [-0.39, 0.29) is 0 Å². The maximum atomic E-state index is 5.13. The van der Waals surface area contributed by atoms with Gasteiger partial charge in [0.1, 0.15) is 0 Å². The summed E-state index contributed by atoms with van der Waals surface area (Å²) in [4.78, 5) is 18.7. The summed E-state index contributed by atoms with van der Waals surface area (Å²) in [5, 5.41) is 4.77. The van der Waals surface area contributed by atoms with E-state index < -0.39 is 0 Å². The van der Waals surface area contributed by atoms with Crippen LogP contribution in [0.25, 0.3) is 76.1 Å². The van der Waals surface area contributed by atoms with Gasteiger partial charge >= 0.3 is 0 Å². The van der Waals surface area contributed by atoms with E-state index in [0.717, 1.165) is 38.5 Å². The minimum absolute atomic E-state index is 0.667. The van der Waals surface area contributed by atoms with Crippen LogP contribution < -0.4 is 0 Å². The van der Waals surface area contributed by atoms with Crippen LogP contribution in [0.4, 0.5) is 0 Å². The van der Waals surface area contributed by atoms with Crippen molar-refractivity contribution in [2.45, 2.75) is 0 Å². The Morgan fingerprint density at radius 2 is 1.11 bits per heavy atom. The van der Waals surface area contributed by atoms with E-state index in [1.807, 2.05) is 18.2 Å². The quantitative estimate of drug-likeness (QED) is 0.261. The summed E-state index contributed by atoms with van der Waals surface area (Å²) in [7, 11) is 0. The minimum atomic E-state index is 0.667. The number of nitrogens with zero attached hydrogens (tertiary/aromatic N) is 3. The number of fused-ring (bicyclic) bond motifs is 6. The summed E-state index contributed by atoms with van der Waals surface area (Å²) >= 11 is 1.79. The van der Waals surface area contributed by atoms with Gasteiger partial charge in [0.2, 0.25) is 0 Å². The SMILES string of the molecule is c1ccc(-c2nc(-c3cccc4c3sc3ccccc34)nc(-c3cccc4[nH]c5ccccc5c34)n2)cc1. The lowest BCUT2D eigenvalue weighted by atomic mass is 10.1. The molecule has 0 aliphatic rings. The molecule has 178 valence electrons. The van der Waals surface area contributed by atoms with E-state index in [1.165, 1.54) is 20.2 Å². The molecule has 1 N–H and O–H groups in total. The van der Waals surface area contributed by atoms with Gasteiger partial charge in [-0.05, 0) is 24.3 Å². The number of thiophene rings is 1. The Labute approximate surface area is 222 Å². The Hall–Kier alpha value is -4.87. The van der Waals surface area contributed by atoms with Gasteiger partial charge in [-0.1, -0.05) is 91.0 Å². The number of hydrogen-bond donors (Lipinski definition) is 1. The van der Waals surface area contributed by atoms with Crippen LogP contribution in [0.1, 0.15) is 0 Å². The first-order chi connectivity index (χ1) is 18.8. The first-order valence-electron chi connectivity index (χ1n) is 12.6. The molecule has 0 atom stereocenters. The third-order valence-corrected chi connectivity index (χ3v) is 8.30. The predicted octanol–water partition coefficient (Wildman–Crippen LogP) is 8.87. The van der Waals surface area contributed by atoms with Gasteiger partial charge in [0.25, 0.3) is 0 Å². The van der Waals surface area contributed by atoms with E-state index in [2.05, 4.69) is 102 Å². The van der Waals surface area contributed by atoms with Crippen LogP contribution >= 0.6 is 11.3 Å². The van der Waals surface area contributed by atoms with Crippen LogP contribution in [0.3, 0.4) is 0 Å². The van der Waals surface area contributed by atoms with Gasteiger partial charge in [0.05, 0.1) is 0 Å². The fourth-order valence-corrected chi connectivity index (χ4v) is 6.56. The fraction of sp³-hybridized carbons (Fsp3) is 0. The van der Waals surface area contributed by atoms with Gasteiger partial charge in [-0.15, -0.1) is 11.3 Å². The summed E-state index contributed by atoms with van der Waals surface area (Å²) < 4.78 is 2.45. The maximum absolute atomic E-state index is 5.13. The third kappa shape index (κ3) is 3.26. The van der Waals surface area contributed by atoms with Crippen molar-refractivity contribution in [1.82, 2.24) is 19.9 Å². The molecule has 3 aromatic heterocycles. The first kappa shape index (κ1) is 21.2. The molecule has 0 aliphatic carbocycles. The van der Waals surface area contributed by atoms with Crippen molar-refractivity contribution < 1.29 is 0 Å². The van der Waals surface area contributed by atoms with Crippen LogP contribution in [-0.4, -0.2) is 19.9 Å². The predicted molar refractivity (Wildman–Crippen MR) is 158 cm³/mol. The lowest BCUT2D eigenvalue weighted by molar-refractivity contribution is 1.08. The van der Waals surface area contributed by atoms with E-state index in [0.29, 0.717) is 17.5 Å². The summed E-state index contributed by atoms with van der Waals surface area (Å²) in [6.45, 7) is 0. The molecule has 8 rings (SSSR count). The second-order valence-electron chi connectivity index (χ2n) is 9.35. The molecule has 38 heavy (non-hydrogen) atoms. The van der Waals surface area contributed by atoms with Crippen molar-refractivity contribution in [1.29, 1.82) is 0 Å². The Balaban J connectivity index is 1.44. The zero-order chi connectivity index (χ0) is 25.1. The molecule has 0 amide bonds. The number of benzene rings is 5. The van der Waals surface area contributed by atoms with Crippen LogP contribution in [0.2, 0.25) is 0 Å². The highest BCUT2D eigenvalue weighted by Crippen LogP contribution is 2.40. The second kappa shape index (κ2) is 8.33. The maximum Gasteiger partial charge on any atom is 0.165 e. The summed E-state index contributed by atoms with van der Waals surface area (Å²) in [6.07, 6.45) is 0. The monoisotopic (exact) mass is 504 g/mol. The molecule has 0 unspecified atom stereocenters. The lowest BCUT2D eigenvalue weighted by Crippen LogP contribution is -2.00. The minimum Gasteiger partial charge on any atom is -0.354 e. The van der Waals surface area contributed by atoms with Gasteiger partial charge in [0.15, 0.2) is 17.5 Å². The molecule has 8 aromatic rings. The van der Waals surface area contributed by atoms with Gasteiger partial charge < -0.3 is 4.98 Å². The second-order valence-corrected chi connectivity index (χ2v) is 10.4. The normalized spacial score (nSPS) is 11.7. The Kier molecular flexibility index (Phi) is 4.66. The summed E-state index contributed by atoms with van der Waals surface area (Å²) in [5.41, 5.74) is 5.15. The molecule has 0 bridgehead atoms. The van der Waals surface area contributed by atoms with E-state index in [9.17, 15) is 0 Å². The zero-order valence-corrected chi connectivity index (χ0v) is 21.0. The van der Waals surface area contributed by atoms with E-state index in [1.54, 1.807) is 11.3 Å². The van der Waals surface area contributed by atoms with Gasteiger partial charge in [0, 0.05) is 58.7 Å². The Morgan fingerprint density at radius 3 is 2.00 bits per heavy atom. The summed E-state index contributed by atoms with van der Waals surface area (Å²) in [6, 6.07) is 39.8. The topological polar surface area (TPSA) is 54.5 Å². The third-order valence-electron chi connectivity index (χ3n) is 7.08. The molecule has 0 aliphatic heterocycles. The number of rotatable bonds is 3. The average Bonchev–Trinajstić information content (AvgIpc) is 3.56. The fourth-order valence-electron chi connectivity index (χ4n) is 5.34. The van der Waals surface area contributed by atoms with Crippen molar-refractivity contribution in [3.05, 3.63) is 115 Å². The highest BCUT2D eigenvalue weighted by molar-refractivity contribution is 7.26. The molecule has 5 heteroatoms. The Morgan fingerprint density at radius 1 is 0.474 bits per heavy atom. The zero-order valence-electron chi connectivity index (χ0n) is 20.2. The number of hydrogen-bond acceptors (Lipinski definition) is 4. The largest absolute Gasteiger partial charge is 0.354 e. The molecule has 0 spiro atoms. The number of aromatic amines is 1. The van der Waals surface area contributed by atoms with E-state index >= 15 is 0 Å². The van der Waals surface area contributed by atoms with Crippen LogP contribution in [0, 0.1) is 0 Å². The van der Waals surface area contributed by atoms with Crippen LogP contribution in [0.15, 0.2) is 115 Å². The molecule has 4 nitrogen and oxygen atoms in total. The molecule has 0 radical (unpaired) electrons. The average molecular weight is 505 g/mol. The van der Waals surface area contributed by atoms with Crippen molar-refractivity contribution in [3.63, 3.8) is 0 Å². The van der Waals surface area contributed by atoms with Gasteiger partial charge in [-0.25, -0.2) is 15.0 Å². The van der Waals surface area contributed by atoms with Gasteiger partial charge in [-0.2, -0.15) is 0 Å². The number of nitrogens with one attached hydrogen (secondary N) is 1. The lowest BCUT2D eigenvalue weighted by Gasteiger charge is -2.10. The highest BCUT2D eigenvalue weighted by Gasteiger charge is 2.18. The Bertz CT molecular complexity index is 2140. The van der Waals surface area contributed by atoms with Gasteiger partial charge in [-0.3, -0.25) is 0 Å². The molecular weight excluding hydrogens is 484 g/mol. The number of para-hydroxylation sites is 1. The van der Waals surface area contributed by atoms with Crippen LogP contribution in [0.5, 0.6) is 0 Å². The number of H-pyrrole nitrogens is 1. The molecule has 0 saturated heterocycles. The van der Waals surface area contributed by atoms with E-state index in [4.69, 9.17) is 15.0 Å². The van der Waals surface area contributed by atoms with Crippen molar-refractivity contribution in [2.24, 2.45) is 0 Å². The number of aromatic nitrogens is 4. The molecule has 3 heterocycles. The van der Waals surface area contributed by atoms with Crippen molar-refractivity contribution in [2.75, 3.05) is 0 Å².